The summed E-state index contributed by atoms with van der Waals surface area (Å²) in [5.74, 6) is 1.69. The minimum absolute atomic E-state index is 0.510. The number of anilines is 1. The van der Waals surface area contributed by atoms with Crippen molar-refractivity contribution in [1.29, 1.82) is 0 Å². The molecule has 18 heavy (non-hydrogen) atoms. The Morgan fingerprint density at radius 3 is 2.11 bits per heavy atom. The first-order valence-electron chi connectivity index (χ1n) is 6.25. The van der Waals surface area contributed by atoms with Crippen LogP contribution in [0.3, 0.4) is 0 Å². The lowest BCUT2D eigenvalue weighted by atomic mass is 10.2. The van der Waals surface area contributed by atoms with Crippen LogP contribution in [-0.4, -0.2) is 38.3 Å². The second kappa shape index (κ2) is 5.48. The fourth-order valence-corrected chi connectivity index (χ4v) is 2.19. The highest BCUT2D eigenvalue weighted by Gasteiger charge is 2.27. The number of hydrogen-bond donors (Lipinski definition) is 0. The van der Waals surface area contributed by atoms with Crippen molar-refractivity contribution in [2.45, 2.75) is 19.9 Å². The Labute approximate surface area is 109 Å². The minimum atomic E-state index is 0.510. The maximum absolute atomic E-state index is 5.44. The quantitative estimate of drug-likeness (QED) is 0.818. The van der Waals surface area contributed by atoms with Crippen LogP contribution in [0.2, 0.25) is 0 Å². The highest BCUT2D eigenvalue weighted by molar-refractivity contribution is 5.69. The van der Waals surface area contributed by atoms with Gasteiger partial charge in [-0.25, -0.2) is 0 Å². The molecule has 0 amide bonds. The number of para-hydroxylation sites is 1. The van der Waals surface area contributed by atoms with Crippen molar-refractivity contribution in [3.8, 4) is 11.5 Å². The lowest BCUT2D eigenvalue weighted by Gasteiger charge is -2.24. The second-order valence-electron chi connectivity index (χ2n) is 4.65. The maximum atomic E-state index is 5.44. The van der Waals surface area contributed by atoms with Crippen LogP contribution in [0.15, 0.2) is 18.2 Å². The Hall–Kier alpha value is -1.42. The van der Waals surface area contributed by atoms with Gasteiger partial charge < -0.3 is 14.4 Å². The number of rotatable bonds is 4. The van der Waals surface area contributed by atoms with Gasteiger partial charge in [-0.3, -0.25) is 4.90 Å². The van der Waals surface area contributed by atoms with Gasteiger partial charge >= 0.3 is 0 Å². The second-order valence-corrected chi connectivity index (χ2v) is 4.65. The average molecular weight is 249 g/mol. The van der Waals surface area contributed by atoms with Crippen molar-refractivity contribution >= 4 is 5.69 Å². The summed E-state index contributed by atoms with van der Waals surface area (Å²) in [7, 11) is 3.38. The number of nitrogens with zero attached hydrogens (tertiary/aromatic N) is 2. The zero-order valence-electron chi connectivity index (χ0n) is 11.5. The summed E-state index contributed by atoms with van der Waals surface area (Å²) in [5.41, 5.74) is 1.01. The van der Waals surface area contributed by atoms with Crippen LogP contribution in [0.25, 0.3) is 0 Å². The zero-order chi connectivity index (χ0) is 13.1. The molecular weight excluding hydrogens is 228 g/mol. The van der Waals surface area contributed by atoms with E-state index in [0.29, 0.717) is 6.04 Å². The van der Waals surface area contributed by atoms with Crippen molar-refractivity contribution in [2.75, 3.05) is 32.2 Å². The summed E-state index contributed by atoms with van der Waals surface area (Å²) in [5, 5.41) is 0. The molecule has 0 spiro atoms. The van der Waals surface area contributed by atoms with Crippen LogP contribution in [0, 0.1) is 6.67 Å². The van der Waals surface area contributed by atoms with Gasteiger partial charge in [0.15, 0.2) is 0 Å². The van der Waals surface area contributed by atoms with E-state index in [1.54, 1.807) is 14.2 Å². The van der Waals surface area contributed by atoms with Gasteiger partial charge in [-0.2, -0.15) is 0 Å². The lowest BCUT2D eigenvalue weighted by Crippen LogP contribution is -2.26. The smallest absolute Gasteiger partial charge is 0.146 e. The minimum Gasteiger partial charge on any atom is -0.494 e. The van der Waals surface area contributed by atoms with Crippen LogP contribution in [0.1, 0.15) is 13.8 Å². The van der Waals surface area contributed by atoms with E-state index in [0.717, 1.165) is 30.3 Å². The number of benzene rings is 1. The van der Waals surface area contributed by atoms with Crippen LogP contribution in [0.4, 0.5) is 5.69 Å². The maximum Gasteiger partial charge on any atom is 0.146 e. The third-order valence-corrected chi connectivity index (χ3v) is 3.24. The molecule has 0 bridgehead atoms. The Bertz CT molecular complexity index is 385. The fourth-order valence-electron chi connectivity index (χ4n) is 2.19. The van der Waals surface area contributed by atoms with E-state index in [4.69, 9.17) is 9.47 Å². The standard InChI is InChI=1S/C14H21N2O2/c1-11(2)15-8-9-16(10-15)14-12(17-3)6-5-7-13(14)18-4/h5-7,10-11H,8-9H2,1-4H3. The zero-order valence-corrected chi connectivity index (χ0v) is 11.5. The monoisotopic (exact) mass is 249 g/mol. The molecule has 1 aromatic carbocycles. The van der Waals surface area contributed by atoms with Gasteiger partial charge in [0.05, 0.1) is 14.2 Å². The predicted octanol–water partition coefficient (Wildman–Crippen LogP) is 2.35. The summed E-state index contributed by atoms with van der Waals surface area (Å²) in [6, 6.07) is 6.38. The molecule has 1 aliphatic rings. The van der Waals surface area contributed by atoms with Gasteiger partial charge in [-0.15, -0.1) is 0 Å². The highest BCUT2D eigenvalue weighted by atomic mass is 16.5. The van der Waals surface area contributed by atoms with E-state index in [-0.39, 0.29) is 0 Å². The molecule has 1 aromatic rings. The summed E-state index contributed by atoms with van der Waals surface area (Å²) in [6.07, 6.45) is 0. The largest absolute Gasteiger partial charge is 0.494 e. The highest BCUT2D eigenvalue weighted by Crippen LogP contribution is 2.39. The average Bonchev–Trinajstić information content (AvgIpc) is 2.87. The Kier molecular flexibility index (Phi) is 3.97. The van der Waals surface area contributed by atoms with Gasteiger partial charge in [0.2, 0.25) is 0 Å². The third-order valence-electron chi connectivity index (χ3n) is 3.24. The fraction of sp³-hybridized carbons (Fsp3) is 0.500. The van der Waals surface area contributed by atoms with Crippen LogP contribution in [-0.2, 0) is 0 Å². The van der Waals surface area contributed by atoms with Gasteiger partial charge in [0.1, 0.15) is 23.9 Å². The molecule has 1 fully saturated rings. The van der Waals surface area contributed by atoms with E-state index in [1.165, 1.54) is 0 Å². The lowest BCUT2D eigenvalue weighted by molar-refractivity contribution is 0.320. The topological polar surface area (TPSA) is 24.9 Å². The van der Waals surface area contributed by atoms with E-state index < -0.39 is 0 Å². The molecule has 0 aliphatic carbocycles. The summed E-state index contributed by atoms with van der Waals surface area (Å²) < 4.78 is 10.9. The van der Waals surface area contributed by atoms with Crippen LogP contribution >= 0.6 is 0 Å². The molecule has 0 N–H and O–H groups in total. The molecule has 1 radical (unpaired) electrons. The molecule has 1 saturated heterocycles. The van der Waals surface area contributed by atoms with Crippen molar-refractivity contribution < 1.29 is 9.47 Å². The van der Waals surface area contributed by atoms with Crippen LogP contribution in [0.5, 0.6) is 11.5 Å². The van der Waals surface area contributed by atoms with E-state index in [2.05, 4.69) is 30.3 Å². The molecule has 4 nitrogen and oxygen atoms in total. The first kappa shape index (κ1) is 13.0. The SMILES string of the molecule is COc1cccc(OC)c1N1[CH]N(C(C)C)CC1. The predicted molar refractivity (Wildman–Crippen MR) is 73.0 cm³/mol. The van der Waals surface area contributed by atoms with Crippen LogP contribution < -0.4 is 14.4 Å². The summed E-state index contributed by atoms with van der Waals surface area (Å²) in [4.78, 5) is 4.50. The normalized spacial score (nSPS) is 16.4. The van der Waals surface area contributed by atoms with Crippen molar-refractivity contribution in [3.63, 3.8) is 0 Å². The molecule has 1 aliphatic heterocycles. The molecule has 4 heteroatoms. The van der Waals surface area contributed by atoms with E-state index in [1.807, 2.05) is 18.2 Å². The van der Waals surface area contributed by atoms with Crippen molar-refractivity contribution in [1.82, 2.24) is 4.90 Å². The first-order valence-corrected chi connectivity index (χ1v) is 6.25. The molecule has 0 saturated carbocycles. The van der Waals surface area contributed by atoms with E-state index >= 15 is 0 Å². The first-order chi connectivity index (χ1) is 8.67. The summed E-state index contributed by atoms with van der Waals surface area (Å²) in [6.45, 7) is 8.51. The van der Waals surface area contributed by atoms with Gasteiger partial charge in [-0.05, 0) is 26.0 Å². The molecule has 0 unspecified atom stereocenters. The number of hydrogen-bond acceptors (Lipinski definition) is 4. The van der Waals surface area contributed by atoms with Crippen molar-refractivity contribution in [2.24, 2.45) is 0 Å². The molecule has 0 atom stereocenters. The molecular formula is C14H21N2O2. The summed E-state index contributed by atoms with van der Waals surface area (Å²) >= 11 is 0. The van der Waals surface area contributed by atoms with E-state index in [9.17, 15) is 0 Å². The number of ether oxygens (including phenoxy) is 2. The number of methoxy groups -OCH3 is 2. The van der Waals surface area contributed by atoms with Gasteiger partial charge in [0.25, 0.3) is 0 Å². The van der Waals surface area contributed by atoms with Crippen molar-refractivity contribution in [3.05, 3.63) is 24.9 Å². The molecule has 1 heterocycles. The van der Waals surface area contributed by atoms with Gasteiger partial charge in [0, 0.05) is 19.1 Å². The Morgan fingerprint density at radius 1 is 1.06 bits per heavy atom. The van der Waals surface area contributed by atoms with Gasteiger partial charge in [-0.1, -0.05) is 6.07 Å². The molecule has 99 valence electrons. The molecule has 0 aromatic heterocycles. The Morgan fingerprint density at radius 2 is 1.67 bits per heavy atom. The Balaban J connectivity index is 2.28. The molecule has 2 rings (SSSR count). The third kappa shape index (κ3) is 2.38.